The minimum Gasteiger partial charge on any atom is -0.345 e. The summed E-state index contributed by atoms with van der Waals surface area (Å²) in [6, 6.07) is 5.30. The van der Waals surface area contributed by atoms with Crippen LogP contribution < -0.4 is 5.32 Å². The SMILES string of the molecule is Cc1ccc(C(C)NC(=O)C(F)F)c(C)c1. The minimum atomic E-state index is -2.96. The third-order valence-corrected chi connectivity index (χ3v) is 2.45. The van der Waals surface area contributed by atoms with Crippen LogP contribution in [-0.2, 0) is 4.79 Å². The zero-order valence-corrected chi connectivity index (χ0v) is 9.55. The number of amides is 1. The van der Waals surface area contributed by atoms with E-state index in [1.165, 1.54) is 0 Å². The molecule has 0 aliphatic rings. The van der Waals surface area contributed by atoms with Gasteiger partial charge in [-0.15, -0.1) is 0 Å². The van der Waals surface area contributed by atoms with Crippen molar-refractivity contribution in [2.45, 2.75) is 33.2 Å². The number of hydrogen-bond donors (Lipinski definition) is 1. The Labute approximate surface area is 93.7 Å². The number of hydrogen-bond acceptors (Lipinski definition) is 1. The first-order valence-corrected chi connectivity index (χ1v) is 5.07. The summed E-state index contributed by atoms with van der Waals surface area (Å²) in [6.45, 7) is 5.55. The van der Waals surface area contributed by atoms with Crippen LogP contribution in [0.2, 0.25) is 0 Å². The van der Waals surface area contributed by atoms with Gasteiger partial charge in [-0.2, -0.15) is 8.78 Å². The fourth-order valence-electron chi connectivity index (χ4n) is 1.67. The molecule has 1 aromatic carbocycles. The van der Waals surface area contributed by atoms with E-state index in [2.05, 4.69) is 5.32 Å². The number of alkyl halides is 2. The molecular formula is C12H15F2NO. The van der Waals surface area contributed by atoms with Gasteiger partial charge in [0.1, 0.15) is 0 Å². The summed E-state index contributed by atoms with van der Waals surface area (Å²) in [7, 11) is 0. The molecule has 1 N–H and O–H groups in total. The minimum absolute atomic E-state index is 0.401. The van der Waals surface area contributed by atoms with Crippen LogP contribution >= 0.6 is 0 Å². The van der Waals surface area contributed by atoms with Crippen LogP contribution in [0.4, 0.5) is 8.78 Å². The molecule has 2 nitrogen and oxygen atoms in total. The molecule has 0 bridgehead atoms. The van der Waals surface area contributed by atoms with Gasteiger partial charge in [-0.3, -0.25) is 4.79 Å². The molecule has 0 saturated heterocycles. The molecule has 0 aliphatic heterocycles. The Bertz CT molecular complexity index is 391. The van der Waals surface area contributed by atoms with E-state index in [0.717, 1.165) is 16.7 Å². The molecule has 88 valence electrons. The van der Waals surface area contributed by atoms with Gasteiger partial charge in [0.2, 0.25) is 0 Å². The molecule has 0 heterocycles. The predicted molar refractivity (Wildman–Crippen MR) is 58.5 cm³/mol. The van der Waals surface area contributed by atoms with Crippen LogP contribution in [0.5, 0.6) is 0 Å². The molecule has 1 amide bonds. The van der Waals surface area contributed by atoms with Gasteiger partial charge in [-0.1, -0.05) is 23.8 Å². The highest BCUT2D eigenvalue weighted by Crippen LogP contribution is 2.18. The van der Waals surface area contributed by atoms with E-state index in [4.69, 9.17) is 0 Å². The third-order valence-electron chi connectivity index (χ3n) is 2.45. The summed E-state index contributed by atoms with van der Waals surface area (Å²) >= 11 is 0. The lowest BCUT2D eigenvalue weighted by atomic mass is 10.0. The molecule has 16 heavy (non-hydrogen) atoms. The second-order valence-corrected chi connectivity index (χ2v) is 3.89. The monoisotopic (exact) mass is 227 g/mol. The molecule has 0 saturated carbocycles. The van der Waals surface area contributed by atoms with Crippen LogP contribution in [-0.4, -0.2) is 12.3 Å². The van der Waals surface area contributed by atoms with Crippen LogP contribution in [0.1, 0.15) is 29.7 Å². The van der Waals surface area contributed by atoms with Gasteiger partial charge < -0.3 is 5.32 Å². The van der Waals surface area contributed by atoms with Gasteiger partial charge >= 0.3 is 6.43 Å². The third kappa shape index (κ3) is 3.02. The Balaban J connectivity index is 2.80. The number of aryl methyl sites for hydroxylation is 2. The molecule has 1 atom stereocenters. The van der Waals surface area contributed by atoms with Crippen molar-refractivity contribution in [1.82, 2.24) is 5.32 Å². The van der Waals surface area contributed by atoms with Crippen molar-refractivity contribution in [3.05, 3.63) is 34.9 Å². The molecule has 0 aliphatic carbocycles. The average molecular weight is 227 g/mol. The Morgan fingerprint density at radius 2 is 1.94 bits per heavy atom. The van der Waals surface area contributed by atoms with Crippen molar-refractivity contribution in [2.75, 3.05) is 0 Å². The quantitative estimate of drug-likeness (QED) is 0.845. The molecule has 4 heteroatoms. The first kappa shape index (κ1) is 12.6. The molecule has 1 aromatic rings. The highest BCUT2D eigenvalue weighted by atomic mass is 19.3. The molecule has 0 spiro atoms. The van der Waals surface area contributed by atoms with Gasteiger partial charge in [0.15, 0.2) is 0 Å². The smallest absolute Gasteiger partial charge is 0.315 e. The highest BCUT2D eigenvalue weighted by molar-refractivity contribution is 5.79. The Morgan fingerprint density at radius 1 is 1.31 bits per heavy atom. The van der Waals surface area contributed by atoms with E-state index < -0.39 is 18.4 Å². The van der Waals surface area contributed by atoms with E-state index in [1.807, 2.05) is 32.0 Å². The summed E-state index contributed by atoms with van der Waals surface area (Å²) in [4.78, 5) is 10.8. The van der Waals surface area contributed by atoms with Crippen LogP contribution in [0.15, 0.2) is 18.2 Å². The molecule has 1 rings (SSSR count). The van der Waals surface area contributed by atoms with Gasteiger partial charge in [0.25, 0.3) is 5.91 Å². The van der Waals surface area contributed by atoms with E-state index in [9.17, 15) is 13.6 Å². The maximum atomic E-state index is 12.1. The summed E-state index contributed by atoms with van der Waals surface area (Å²) in [5.41, 5.74) is 2.95. The van der Waals surface area contributed by atoms with Gasteiger partial charge in [-0.05, 0) is 31.9 Å². The van der Waals surface area contributed by atoms with E-state index in [1.54, 1.807) is 6.92 Å². The van der Waals surface area contributed by atoms with Crippen molar-refractivity contribution in [1.29, 1.82) is 0 Å². The molecule has 1 unspecified atom stereocenters. The fourth-order valence-corrected chi connectivity index (χ4v) is 1.67. The highest BCUT2D eigenvalue weighted by Gasteiger charge is 2.18. The van der Waals surface area contributed by atoms with Gasteiger partial charge in [0.05, 0.1) is 6.04 Å². The number of halogens is 2. The second-order valence-electron chi connectivity index (χ2n) is 3.89. The molecule has 0 fully saturated rings. The van der Waals surface area contributed by atoms with E-state index in [0.29, 0.717) is 0 Å². The van der Waals surface area contributed by atoms with Crippen molar-refractivity contribution < 1.29 is 13.6 Å². The fraction of sp³-hybridized carbons (Fsp3) is 0.417. The lowest BCUT2D eigenvalue weighted by molar-refractivity contribution is -0.132. The second kappa shape index (κ2) is 5.05. The Hall–Kier alpha value is -1.45. The lowest BCUT2D eigenvalue weighted by Gasteiger charge is -2.16. The average Bonchev–Trinajstić information content (AvgIpc) is 2.16. The van der Waals surface area contributed by atoms with E-state index in [-0.39, 0.29) is 0 Å². The molecule has 0 radical (unpaired) electrons. The van der Waals surface area contributed by atoms with E-state index >= 15 is 0 Å². The maximum absolute atomic E-state index is 12.1. The van der Waals surface area contributed by atoms with Crippen LogP contribution in [0.25, 0.3) is 0 Å². The van der Waals surface area contributed by atoms with Crippen LogP contribution in [0, 0.1) is 13.8 Å². The van der Waals surface area contributed by atoms with Gasteiger partial charge in [-0.25, -0.2) is 0 Å². The maximum Gasteiger partial charge on any atom is 0.315 e. The number of nitrogens with one attached hydrogen (secondary N) is 1. The summed E-state index contributed by atoms with van der Waals surface area (Å²) < 4.78 is 24.1. The van der Waals surface area contributed by atoms with Crippen molar-refractivity contribution in [3.8, 4) is 0 Å². The predicted octanol–water partition coefficient (Wildman–Crippen LogP) is 2.75. The number of carbonyl (C=O) groups excluding carboxylic acids is 1. The summed E-state index contributed by atoms with van der Waals surface area (Å²) in [5, 5.41) is 2.27. The van der Waals surface area contributed by atoms with Gasteiger partial charge in [0, 0.05) is 0 Å². The Morgan fingerprint density at radius 3 is 2.44 bits per heavy atom. The normalized spacial score (nSPS) is 12.6. The summed E-state index contributed by atoms with van der Waals surface area (Å²) in [5.74, 6) is -1.23. The number of benzene rings is 1. The first-order chi connectivity index (χ1) is 7.41. The Kier molecular flexibility index (Phi) is 3.99. The van der Waals surface area contributed by atoms with Crippen molar-refractivity contribution >= 4 is 5.91 Å². The zero-order valence-electron chi connectivity index (χ0n) is 9.55. The first-order valence-electron chi connectivity index (χ1n) is 5.07. The van der Waals surface area contributed by atoms with Crippen molar-refractivity contribution in [3.63, 3.8) is 0 Å². The number of carbonyl (C=O) groups is 1. The van der Waals surface area contributed by atoms with Crippen LogP contribution in [0.3, 0.4) is 0 Å². The lowest BCUT2D eigenvalue weighted by Crippen LogP contribution is -2.32. The molecule has 0 aromatic heterocycles. The summed E-state index contributed by atoms with van der Waals surface area (Å²) in [6.07, 6.45) is -2.96. The largest absolute Gasteiger partial charge is 0.345 e. The topological polar surface area (TPSA) is 29.1 Å². The standard InChI is InChI=1S/C12H15F2NO/c1-7-4-5-10(8(2)6-7)9(3)15-12(16)11(13)14/h4-6,9,11H,1-3H3,(H,15,16). The van der Waals surface area contributed by atoms with Crippen molar-refractivity contribution in [2.24, 2.45) is 0 Å². The number of rotatable bonds is 3. The molecular weight excluding hydrogens is 212 g/mol. The zero-order chi connectivity index (χ0) is 12.3.